The maximum absolute atomic E-state index is 12.2. The van der Waals surface area contributed by atoms with Gasteiger partial charge in [0, 0.05) is 10.6 Å². The average molecular weight is 389 g/mol. The van der Waals surface area contributed by atoms with Crippen LogP contribution in [0.25, 0.3) is 0 Å². The van der Waals surface area contributed by atoms with Gasteiger partial charge in [0.05, 0.1) is 21.8 Å². The molecule has 0 aromatic heterocycles. The highest BCUT2D eigenvalue weighted by molar-refractivity contribution is 9.10. The van der Waals surface area contributed by atoms with E-state index >= 15 is 0 Å². The molecule has 0 aliphatic rings. The van der Waals surface area contributed by atoms with E-state index in [0.717, 1.165) is 4.47 Å². The van der Waals surface area contributed by atoms with Crippen molar-refractivity contribution in [3.63, 3.8) is 0 Å². The lowest BCUT2D eigenvalue weighted by Crippen LogP contribution is -2.12. The fourth-order valence-electron chi connectivity index (χ4n) is 1.70. The number of ether oxygens (including phenoxy) is 1. The Morgan fingerprint density at radius 3 is 2.62 bits per heavy atom. The molecule has 0 aliphatic heterocycles. The van der Waals surface area contributed by atoms with Crippen molar-refractivity contribution in [3.05, 3.63) is 56.5 Å². The molecule has 110 valence electrons. The van der Waals surface area contributed by atoms with Crippen molar-refractivity contribution < 1.29 is 9.53 Å². The van der Waals surface area contributed by atoms with Crippen LogP contribution in [0, 0.1) is 0 Å². The van der Waals surface area contributed by atoms with Gasteiger partial charge in [-0.15, -0.1) is 0 Å². The van der Waals surface area contributed by atoms with Gasteiger partial charge in [-0.3, -0.25) is 4.79 Å². The number of carbonyl (C=O) groups is 1. The van der Waals surface area contributed by atoms with Crippen molar-refractivity contribution in [3.8, 4) is 5.75 Å². The molecule has 6 heteroatoms. The molecule has 2 aromatic rings. The molecule has 0 atom stereocenters. The third-order valence-electron chi connectivity index (χ3n) is 2.67. The van der Waals surface area contributed by atoms with E-state index in [1.54, 1.807) is 36.4 Å². The summed E-state index contributed by atoms with van der Waals surface area (Å²) < 4.78 is 6.13. The number of halogens is 3. The summed E-state index contributed by atoms with van der Waals surface area (Å²) in [4.78, 5) is 12.2. The van der Waals surface area contributed by atoms with Gasteiger partial charge in [-0.1, -0.05) is 23.2 Å². The smallest absolute Gasteiger partial charge is 0.255 e. The van der Waals surface area contributed by atoms with E-state index in [1.165, 1.54) is 0 Å². The van der Waals surface area contributed by atoms with Crippen molar-refractivity contribution in [1.29, 1.82) is 0 Å². The van der Waals surface area contributed by atoms with Gasteiger partial charge in [0.25, 0.3) is 5.91 Å². The lowest BCUT2D eigenvalue weighted by molar-refractivity contribution is 0.102. The molecule has 0 spiro atoms. The minimum Gasteiger partial charge on any atom is -0.493 e. The van der Waals surface area contributed by atoms with E-state index in [1.807, 2.05) is 6.92 Å². The minimum atomic E-state index is -0.261. The predicted octanol–water partition coefficient (Wildman–Crippen LogP) is 5.41. The number of hydrogen-bond donors (Lipinski definition) is 1. The van der Waals surface area contributed by atoms with Crippen LogP contribution < -0.4 is 10.1 Å². The predicted molar refractivity (Wildman–Crippen MR) is 89.7 cm³/mol. The Labute approximate surface area is 141 Å². The molecule has 0 heterocycles. The maximum atomic E-state index is 12.2. The summed E-state index contributed by atoms with van der Waals surface area (Å²) in [6.45, 7) is 2.46. The number of amides is 1. The quantitative estimate of drug-likeness (QED) is 0.760. The second-order valence-corrected chi connectivity index (χ2v) is 5.85. The number of hydrogen-bond acceptors (Lipinski definition) is 2. The standard InChI is InChI=1S/C15H12BrCl2NO2/c1-2-21-14-6-3-9(7-11(14)16)15(20)19-13-5-4-10(17)8-12(13)18/h3-8H,2H2,1H3,(H,19,20). The molecular formula is C15H12BrCl2NO2. The highest BCUT2D eigenvalue weighted by Gasteiger charge is 2.11. The zero-order valence-electron chi connectivity index (χ0n) is 11.1. The lowest BCUT2D eigenvalue weighted by Gasteiger charge is -2.10. The Bertz CT molecular complexity index is 677. The van der Waals surface area contributed by atoms with Crippen LogP contribution in [-0.4, -0.2) is 12.5 Å². The molecule has 1 amide bonds. The van der Waals surface area contributed by atoms with Crippen LogP contribution in [0.15, 0.2) is 40.9 Å². The van der Waals surface area contributed by atoms with Crippen LogP contribution in [0.1, 0.15) is 17.3 Å². The monoisotopic (exact) mass is 387 g/mol. The Morgan fingerprint density at radius 2 is 2.00 bits per heavy atom. The summed E-state index contributed by atoms with van der Waals surface area (Å²) in [5.41, 5.74) is 1.01. The molecule has 2 rings (SSSR count). The summed E-state index contributed by atoms with van der Waals surface area (Å²) >= 11 is 15.2. The summed E-state index contributed by atoms with van der Waals surface area (Å²) in [5, 5.41) is 3.65. The Morgan fingerprint density at radius 1 is 1.24 bits per heavy atom. The number of rotatable bonds is 4. The second kappa shape index (κ2) is 7.16. The van der Waals surface area contributed by atoms with E-state index in [4.69, 9.17) is 27.9 Å². The van der Waals surface area contributed by atoms with Gasteiger partial charge in [-0.25, -0.2) is 0 Å². The van der Waals surface area contributed by atoms with Crippen molar-refractivity contribution in [2.24, 2.45) is 0 Å². The van der Waals surface area contributed by atoms with Crippen LogP contribution >= 0.6 is 39.1 Å². The fraction of sp³-hybridized carbons (Fsp3) is 0.133. The first kappa shape index (κ1) is 16.1. The summed E-state index contributed by atoms with van der Waals surface area (Å²) in [7, 11) is 0. The largest absolute Gasteiger partial charge is 0.493 e. The second-order valence-electron chi connectivity index (χ2n) is 4.16. The highest BCUT2D eigenvalue weighted by Crippen LogP contribution is 2.28. The average Bonchev–Trinajstić information content (AvgIpc) is 2.44. The van der Waals surface area contributed by atoms with Gasteiger partial charge in [0.2, 0.25) is 0 Å². The topological polar surface area (TPSA) is 38.3 Å². The molecule has 0 saturated heterocycles. The van der Waals surface area contributed by atoms with E-state index in [0.29, 0.717) is 33.7 Å². The highest BCUT2D eigenvalue weighted by atomic mass is 79.9. The lowest BCUT2D eigenvalue weighted by atomic mass is 10.2. The molecule has 0 fully saturated rings. The molecule has 0 saturated carbocycles. The van der Waals surface area contributed by atoms with Crippen LogP contribution in [0.3, 0.4) is 0 Å². The molecule has 3 nitrogen and oxygen atoms in total. The SMILES string of the molecule is CCOc1ccc(C(=O)Nc2ccc(Cl)cc2Cl)cc1Br. The summed E-state index contributed by atoms with van der Waals surface area (Å²) in [6.07, 6.45) is 0. The van der Waals surface area contributed by atoms with Gasteiger partial charge in [0.1, 0.15) is 5.75 Å². The Hall–Kier alpha value is -1.23. The van der Waals surface area contributed by atoms with E-state index in [9.17, 15) is 4.79 Å². The van der Waals surface area contributed by atoms with Crippen LogP contribution in [-0.2, 0) is 0 Å². The summed E-state index contributed by atoms with van der Waals surface area (Å²) in [6, 6.07) is 10.0. The minimum absolute atomic E-state index is 0.261. The maximum Gasteiger partial charge on any atom is 0.255 e. The Balaban J connectivity index is 2.18. The van der Waals surface area contributed by atoms with E-state index < -0.39 is 0 Å². The zero-order chi connectivity index (χ0) is 15.4. The van der Waals surface area contributed by atoms with Crippen LogP contribution in [0.2, 0.25) is 10.0 Å². The van der Waals surface area contributed by atoms with Gasteiger partial charge < -0.3 is 10.1 Å². The van der Waals surface area contributed by atoms with Crippen LogP contribution in [0.4, 0.5) is 5.69 Å². The van der Waals surface area contributed by atoms with Gasteiger partial charge >= 0.3 is 0 Å². The third-order valence-corrected chi connectivity index (χ3v) is 3.84. The molecule has 2 aromatic carbocycles. The molecule has 0 bridgehead atoms. The first-order valence-corrected chi connectivity index (χ1v) is 7.75. The first-order chi connectivity index (χ1) is 10.0. The van der Waals surface area contributed by atoms with Gasteiger partial charge in [-0.2, -0.15) is 0 Å². The van der Waals surface area contributed by atoms with E-state index in [-0.39, 0.29) is 5.91 Å². The Kier molecular flexibility index (Phi) is 5.51. The van der Waals surface area contributed by atoms with Crippen molar-refractivity contribution >= 4 is 50.7 Å². The first-order valence-electron chi connectivity index (χ1n) is 6.20. The zero-order valence-corrected chi connectivity index (χ0v) is 14.2. The van der Waals surface area contributed by atoms with E-state index in [2.05, 4.69) is 21.2 Å². The molecule has 0 unspecified atom stereocenters. The fourth-order valence-corrected chi connectivity index (χ4v) is 2.65. The molecule has 0 aliphatic carbocycles. The van der Waals surface area contributed by atoms with Crippen molar-refractivity contribution in [2.75, 3.05) is 11.9 Å². The van der Waals surface area contributed by atoms with Crippen LogP contribution in [0.5, 0.6) is 5.75 Å². The number of nitrogens with one attached hydrogen (secondary N) is 1. The third kappa shape index (κ3) is 4.13. The summed E-state index contributed by atoms with van der Waals surface area (Å²) in [5.74, 6) is 0.432. The van der Waals surface area contributed by atoms with Gasteiger partial charge in [0.15, 0.2) is 0 Å². The number of carbonyl (C=O) groups excluding carboxylic acids is 1. The molecule has 0 radical (unpaired) electrons. The molecule has 21 heavy (non-hydrogen) atoms. The molecular weight excluding hydrogens is 377 g/mol. The molecule has 1 N–H and O–H groups in total. The normalized spacial score (nSPS) is 10.3. The number of benzene rings is 2. The van der Waals surface area contributed by atoms with Crippen molar-refractivity contribution in [2.45, 2.75) is 6.92 Å². The number of anilines is 1. The van der Waals surface area contributed by atoms with Crippen molar-refractivity contribution in [1.82, 2.24) is 0 Å². The van der Waals surface area contributed by atoms with Gasteiger partial charge in [-0.05, 0) is 59.3 Å².